The number of para-hydroxylation sites is 1. The largest absolute Gasteiger partial charge is 0.490 e. The highest BCUT2D eigenvalue weighted by molar-refractivity contribution is 6.16. The second kappa shape index (κ2) is 10.00. The summed E-state index contributed by atoms with van der Waals surface area (Å²) >= 11 is 0. The van der Waals surface area contributed by atoms with Gasteiger partial charge in [-0.05, 0) is 53.1 Å². The zero-order chi connectivity index (χ0) is 28.8. The van der Waals surface area contributed by atoms with Crippen LogP contribution in [-0.2, 0) is 10.2 Å². The van der Waals surface area contributed by atoms with E-state index in [4.69, 9.17) is 4.74 Å². The molecule has 1 saturated heterocycles. The monoisotopic (exact) mass is 552 g/mol. The normalized spacial score (nSPS) is 23.1. The van der Waals surface area contributed by atoms with Crippen LogP contribution in [0.15, 0.2) is 122 Å². The van der Waals surface area contributed by atoms with Crippen molar-refractivity contribution in [1.29, 1.82) is 0 Å². The molecule has 1 fully saturated rings. The van der Waals surface area contributed by atoms with E-state index < -0.39 is 23.4 Å². The van der Waals surface area contributed by atoms with Crippen LogP contribution in [0.25, 0.3) is 6.08 Å². The summed E-state index contributed by atoms with van der Waals surface area (Å²) in [5.74, 6) is -1.18. The van der Waals surface area contributed by atoms with Gasteiger partial charge in [0.25, 0.3) is 0 Å². The molecular formula is C36H28N2O4. The average Bonchev–Trinajstić information content (AvgIpc) is 3.52. The number of Topliss-reactive ketones (excluding diaryl/α,β-unsaturated/α-hetero) is 2. The van der Waals surface area contributed by atoms with Crippen molar-refractivity contribution in [3.05, 3.63) is 150 Å². The maximum Gasteiger partial charge on any atom is 0.238 e. The van der Waals surface area contributed by atoms with Gasteiger partial charge in [0.1, 0.15) is 23.8 Å². The number of rotatable bonds is 7. The molecule has 4 aromatic rings. The van der Waals surface area contributed by atoms with Gasteiger partial charge >= 0.3 is 0 Å². The third kappa shape index (κ3) is 3.68. The van der Waals surface area contributed by atoms with Crippen LogP contribution in [0.1, 0.15) is 43.4 Å². The van der Waals surface area contributed by atoms with Gasteiger partial charge in [-0.3, -0.25) is 14.4 Å². The molecule has 0 saturated carbocycles. The first-order valence-corrected chi connectivity index (χ1v) is 14.0. The Morgan fingerprint density at radius 2 is 1.55 bits per heavy atom. The lowest BCUT2D eigenvalue weighted by Gasteiger charge is -2.38. The fourth-order valence-electron chi connectivity index (χ4n) is 6.99. The van der Waals surface area contributed by atoms with E-state index >= 15 is 0 Å². The number of benzene rings is 4. The smallest absolute Gasteiger partial charge is 0.238 e. The Bertz CT molecular complexity index is 1760. The summed E-state index contributed by atoms with van der Waals surface area (Å²) in [5, 5.41) is 3.08. The summed E-state index contributed by atoms with van der Waals surface area (Å²) in [5.41, 5.74) is 2.78. The third-order valence-corrected chi connectivity index (χ3v) is 8.69. The Labute approximate surface area is 243 Å². The van der Waals surface area contributed by atoms with E-state index in [1.807, 2.05) is 83.9 Å². The van der Waals surface area contributed by atoms with Crippen molar-refractivity contribution in [1.82, 2.24) is 4.90 Å². The van der Waals surface area contributed by atoms with Gasteiger partial charge in [0, 0.05) is 23.0 Å². The summed E-state index contributed by atoms with van der Waals surface area (Å²) in [7, 11) is 0. The van der Waals surface area contributed by atoms with Crippen molar-refractivity contribution in [2.24, 2.45) is 5.92 Å². The molecule has 1 amide bonds. The van der Waals surface area contributed by atoms with Gasteiger partial charge in [0.05, 0.1) is 12.0 Å². The predicted octanol–water partition coefficient (Wildman–Crippen LogP) is 6.23. The third-order valence-electron chi connectivity index (χ3n) is 8.69. The Morgan fingerprint density at radius 1 is 0.857 bits per heavy atom. The number of nitrogens with zero attached hydrogens (tertiary/aromatic N) is 1. The van der Waals surface area contributed by atoms with Crippen molar-refractivity contribution >= 4 is 29.2 Å². The number of carbonyl (C=O) groups is 3. The highest BCUT2D eigenvalue weighted by Crippen LogP contribution is 2.62. The molecule has 0 aromatic heterocycles. The number of anilines is 1. The number of hydrogen-bond donors (Lipinski definition) is 1. The lowest BCUT2D eigenvalue weighted by Crippen LogP contribution is -2.49. The van der Waals surface area contributed by atoms with E-state index in [0.29, 0.717) is 29.2 Å². The SMILES string of the molecule is C=CCOc1ccc(C(=O)[C@@H]2[C@H](C(=O)c3ccccc3)N3C=Cc4ccccc4[C@@H]3[C@@]23C(=O)Nc2ccccc23)cc1. The van der Waals surface area contributed by atoms with Gasteiger partial charge in [-0.15, -0.1) is 0 Å². The molecule has 3 aliphatic rings. The van der Waals surface area contributed by atoms with Gasteiger partial charge < -0.3 is 15.0 Å². The molecule has 206 valence electrons. The topological polar surface area (TPSA) is 75.7 Å². The van der Waals surface area contributed by atoms with E-state index in [2.05, 4.69) is 11.9 Å². The van der Waals surface area contributed by atoms with E-state index in [9.17, 15) is 14.4 Å². The van der Waals surface area contributed by atoms with Crippen molar-refractivity contribution in [2.75, 3.05) is 11.9 Å². The summed E-state index contributed by atoms with van der Waals surface area (Å²) < 4.78 is 5.64. The van der Waals surface area contributed by atoms with Gasteiger partial charge in [0.2, 0.25) is 5.91 Å². The molecule has 0 unspecified atom stereocenters. The number of ether oxygens (including phenoxy) is 1. The fourth-order valence-corrected chi connectivity index (χ4v) is 6.99. The quantitative estimate of drug-likeness (QED) is 0.217. The second-order valence-corrected chi connectivity index (χ2v) is 10.8. The minimum Gasteiger partial charge on any atom is -0.490 e. The number of carbonyl (C=O) groups excluding carboxylic acids is 3. The molecule has 3 heterocycles. The molecule has 0 bridgehead atoms. The Kier molecular flexibility index (Phi) is 6.12. The van der Waals surface area contributed by atoms with E-state index in [0.717, 1.165) is 16.7 Å². The number of ketones is 2. The van der Waals surface area contributed by atoms with Crippen LogP contribution in [0.3, 0.4) is 0 Å². The minimum atomic E-state index is -1.36. The molecule has 4 atom stereocenters. The number of amides is 1. The van der Waals surface area contributed by atoms with Crippen LogP contribution in [0.4, 0.5) is 5.69 Å². The summed E-state index contributed by atoms with van der Waals surface area (Å²) in [6.07, 6.45) is 5.50. The van der Waals surface area contributed by atoms with Crippen LogP contribution < -0.4 is 10.1 Å². The number of nitrogens with one attached hydrogen (secondary N) is 1. The molecule has 0 radical (unpaired) electrons. The molecule has 42 heavy (non-hydrogen) atoms. The Balaban J connectivity index is 1.48. The maximum atomic E-state index is 14.9. The molecule has 6 heteroatoms. The Morgan fingerprint density at radius 3 is 2.33 bits per heavy atom. The molecular weight excluding hydrogens is 524 g/mol. The van der Waals surface area contributed by atoms with Crippen molar-refractivity contribution < 1.29 is 19.1 Å². The van der Waals surface area contributed by atoms with E-state index in [1.54, 1.807) is 42.5 Å². The van der Waals surface area contributed by atoms with Crippen LogP contribution >= 0.6 is 0 Å². The maximum absolute atomic E-state index is 14.9. The highest BCUT2D eigenvalue weighted by Gasteiger charge is 2.70. The van der Waals surface area contributed by atoms with Gasteiger partial charge in [0.15, 0.2) is 11.6 Å². The van der Waals surface area contributed by atoms with Gasteiger partial charge in [-0.2, -0.15) is 0 Å². The fraction of sp³-hybridized carbons (Fsp3) is 0.139. The predicted molar refractivity (Wildman–Crippen MR) is 161 cm³/mol. The first kappa shape index (κ1) is 25.7. The van der Waals surface area contributed by atoms with E-state index in [-0.39, 0.29) is 17.5 Å². The van der Waals surface area contributed by atoms with Crippen molar-refractivity contribution in [3.63, 3.8) is 0 Å². The zero-order valence-electron chi connectivity index (χ0n) is 22.8. The second-order valence-electron chi connectivity index (χ2n) is 10.8. The van der Waals surface area contributed by atoms with Crippen LogP contribution in [0.5, 0.6) is 5.75 Å². The van der Waals surface area contributed by atoms with Crippen LogP contribution in [0.2, 0.25) is 0 Å². The zero-order valence-corrected chi connectivity index (χ0v) is 22.8. The summed E-state index contributed by atoms with van der Waals surface area (Å²) in [4.78, 5) is 45.8. The van der Waals surface area contributed by atoms with Gasteiger partial charge in [-0.25, -0.2) is 0 Å². The molecule has 1 N–H and O–H groups in total. The van der Waals surface area contributed by atoms with Gasteiger partial charge in [-0.1, -0.05) is 85.5 Å². The standard InChI is InChI=1S/C36H28N2O4/c1-2-22-42-26-18-16-25(17-19-26)32(39)30-31(33(40)24-11-4-3-5-12-24)38-21-20-23-10-6-7-13-27(23)34(38)36(30)28-14-8-9-15-29(28)37-35(36)41/h2-21,30-31,34H,1,22H2,(H,37,41)/t30-,31+,34+,36-/m0/s1. The lowest BCUT2D eigenvalue weighted by atomic mass is 9.62. The molecule has 6 nitrogen and oxygen atoms in total. The number of hydrogen-bond acceptors (Lipinski definition) is 5. The molecule has 4 aromatic carbocycles. The van der Waals surface area contributed by atoms with E-state index in [1.165, 1.54) is 0 Å². The lowest BCUT2D eigenvalue weighted by molar-refractivity contribution is -0.122. The summed E-state index contributed by atoms with van der Waals surface area (Å²) in [6.45, 7) is 4.02. The van der Waals surface area contributed by atoms with Crippen LogP contribution in [0, 0.1) is 5.92 Å². The number of fused-ring (bicyclic) bond motifs is 6. The van der Waals surface area contributed by atoms with Crippen molar-refractivity contribution in [3.8, 4) is 5.75 Å². The Hall–Kier alpha value is -5.23. The first-order chi connectivity index (χ1) is 20.6. The molecule has 0 aliphatic carbocycles. The van der Waals surface area contributed by atoms with Crippen LogP contribution in [-0.4, -0.2) is 35.0 Å². The summed E-state index contributed by atoms with van der Waals surface area (Å²) in [6, 6.07) is 29.8. The van der Waals surface area contributed by atoms with Crippen molar-refractivity contribution in [2.45, 2.75) is 17.5 Å². The molecule has 1 spiro atoms. The molecule has 3 aliphatic heterocycles. The average molecular weight is 553 g/mol. The molecule has 7 rings (SSSR count). The highest BCUT2D eigenvalue weighted by atomic mass is 16.5. The first-order valence-electron chi connectivity index (χ1n) is 14.0. The minimum absolute atomic E-state index is 0.206.